The Hall–Kier alpha value is -1.84. The molecule has 1 aromatic heterocycles. The summed E-state index contributed by atoms with van der Waals surface area (Å²) in [5.41, 5.74) is 1.86. The lowest BCUT2D eigenvalue weighted by molar-refractivity contribution is 0.112. The number of carbonyl (C=O) groups excluding carboxylic acids is 1. The van der Waals surface area contributed by atoms with E-state index in [0.29, 0.717) is 16.9 Å². The van der Waals surface area contributed by atoms with Crippen molar-refractivity contribution < 1.29 is 14.1 Å². The van der Waals surface area contributed by atoms with Gasteiger partial charge in [-0.25, -0.2) is 0 Å². The van der Waals surface area contributed by atoms with Crippen LogP contribution in [-0.2, 0) is 0 Å². The molecule has 0 atom stereocenters. The molecule has 0 saturated carbocycles. The van der Waals surface area contributed by atoms with Crippen molar-refractivity contribution in [3.8, 4) is 5.75 Å². The van der Waals surface area contributed by atoms with Crippen LogP contribution in [0.3, 0.4) is 0 Å². The van der Waals surface area contributed by atoms with Crippen LogP contribution in [0.2, 0.25) is 0 Å². The van der Waals surface area contributed by atoms with Crippen molar-refractivity contribution in [2.45, 2.75) is 6.92 Å². The maximum Gasteiger partial charge on any atom is 0.170 e. The van der Waals surface area contributed by atoms with Crippen LogP contribution in [0.25, 0.3) is 11.0 Å². The first-order valence-corrected chi connectivity index (χ1v) is 4.16. The molecule has 14 heavy (non-hydrogen) atoms. The second kappa shape index (κ2) is 3.14. The van der Waals surface area contributed by atoms with Gasteiger partial charge in [-0.15, -0.1) is 0 Å². The van der Waals surface area contributed by atoms with E-state index >= 15 is 0 Å². The molecule has 0 aliphatic carbocycles. The number of benzene rings is 1. The number of aryl methyl sites for hydroxylation is 1. The van der Waals surface area contributed by atoms with Gasteiger partial charge in [0.05, 0.1) is 23.8 Å². The molecule has 4 nitrogen and oxygen atoms in total. The molecule has 2 rings (SSSR count). The van der Waals surface area contributed by atoms with Gasteiger partial charge in [0.2, 0.25) is 0 Å². The summed E-state index contributed by atoms with van der Waals surface area (Å²) < 4.78 is 10.2. The van der Waals surface area contributed by atoms with Crippen LogP contribution in [-0.4, -0.2) is 18.6 Å². The number of hydrogen-bond donors (Lipinski definition) is 0. The van der Waals surface area contributed by atoms with Crippen LogP contribution < -0.4 is 4.74 Å². The number of nitrogens with zero attached hydrogens (tertiary/aromatic N) is 1. The van der Waals surface area contributed by atoms with Crippen LogP contribution in [0.5, 0.6) is 5.75 Å². The van der Waals surface area contributed by atoms with Gasteiger partial charge in [-0.05, 0) is 19.1 Å². The van der Waals surface area contributed by atoms with Crippen molar-refractivity contribution in [2.24, 2.45) is 0 Å². The lowest BCUT2D eigenvalue weighted by atomic mass is 10.1. The molecular weight excluding hydrogens is 182 g/mol. The molecule has 0 fully saturated rings. The number of rotatable bonds is 2. The predicted octanol–water partition coefficient (Wildman–Crippen LogP) is 1.96. The molecule has 1 heterocycles. The summed E-state index contributed by atoms with van der Waals surface area (Å²) >= 11 is 0. The second-order valence-corrected chi connectivity index (χ2v) is 2.95. The molecule has 0 aliphatic heterocycles. The van der Waals surface area contributed by atoms with Crippen LogP contribution in [0, 0.1) is 6.92 Å². The van der Waals surface area contributed by atoms with Gasteiger partial charge in [0.1, 0.15) is 5.75 Å². The van der Waals surface area contributed by atoms with E-state index in [1.54, 1.807) is 12.1 Å². The Kier molecular flexibility index (Phi) is 1.96. The van der Waals surface area contributed by atoms with E-state index in [2.05, 4.69) is 5.16 Å². The lowest BCUT2D eigenvalue weighted by Gasteiger charge is -2.03. The number of methoxy groups -OCH3 is 1. The molecule has 0 N–H and O–H groups in total. The van der Waals surface area contributed by atoms with Gasteiger partial charge in [-0.2, -0.15) is 0 Å². The average Bonchev–Trinajstić information content (AvgIpc) is 2.59. The van der Waals surface area contributed by atoms with Crippen molar-refractivity contribution in [3.05, 3.63) is 23.4 Å². The maximum atomic E-state index is 10.7. The van der Waals surface area contributed by atoms with Gasteiger partial charge in [0.15, 0.2) is 11.9 Å². The summed E-state index contributed by atoms with van der Waals surface area (Å²) in [7, 11) is 1.52. The molecular formula is C10H9NO3. The van der Waals surface area contributed by atoms with E-state index in [-0.39, 0.29) is 0 Å². The fourth-order valence-corrected chi connectivity index (χ4v) is 1.48. The Morgan fingerprint density at radius 2 is 2.29 bits per heavy atom. The fraction of sp³-hybridized carbons (Fsp3) is 0.200. The van der Waals surface area contributed by atoms with E-state index in [9.17, 15) is 4.79 Å². The first-order chi connectivity index (χ1) is 6.77. The van der Waals surface area contributed by atoms with Gasteiger partial charge in [-0.1, -0.05) is 5.16 Å². The highest BCUT2D eigenvalue weighted by Gasteiger charge is 2.13. The highest BCUT2D eigenvalue weighted by atomic mass is 16.5. The van der Waals surface area contributed by atoms with Gasteiger partial charge in [-0.3, -0.25) is 4.79 Å². The van der Waals surface area contributed by atoms with E-state index in [0.717, 1.165) is 17.4 Å². The Morgan fingerprint density at radius 1 is 1.50 bits per heavy atom. The first kappa shape index (κ1) is 8.74. The summed E-state index contributed by atoms with van der Waals surface area (Å²) in [6.45, 7) is 1.81. The number of aldehydes is 1. The van der Waals surface area contributed by atoms with Crippen LogP contribution in [0.1, 0.15) is 16.1 Å². The Bertz CT molecular complexity index is 487. The second-order valence-electron chi connectivity index (χ2n) is 2.95. The van der Waals surface area contributed by atoms with E-state index in [1.807, 2.05) is 6.92 Å². The Morgan fingerprint density at radius 3 is 2.93 bits per heavy atom. The first-order valence-electron chi connectivity index (χ1n) is 4.16. The van der Waals surface area contributed by atoms with Crippen molar-refractivity contribution >= 4 is 17.3 Å². The van der Waals surface area contributed by atoms with Crippen LogP contribution >= 0.6 is 0 Å². The molecule has 0 amide bonds. The Labute approximate surface area is 80.4 Å². The third-order valence-electron chi connectivity index (χ3n) is 2.12. The standard InChI is InChI=1S/C10H9NO3/c1-6-9-8(14-11-6)4-3-7(5-12)10(9)13-2/h3-5H,1-2H3. The van der Waals surface area contributed by atoms with Gasteiger partial charge in [0, 0.05) is 0 Å². The number of hydrogen-bond acceptors (Lipinski definition) is 4. The molecule has 1 aromatic carbocycles. The maximum absolute atomic E-state index is 10.7. The lowest BCUT2D eigenvalue weighted by Crippen LogP contribution is -1.91. The predicted molar refractivity (Wildman–Crippen MR) is 50.7 cm³/mol. The van der Waals surface area contributed by atoms with Gasteiger partial charge >= 0.3 is 0 Å². The summed E-state index contributed by atoms with van der Waals surface area (Å²) in [6.07, 6.45) is 0.755. The normalized spacial score (nSPS) is 10.4. The van der Waals surface area contributed by atoms with Crippen molar-refractivity contribution in [3.63, 3.8) is 0 Å². The van der Waals surface area contributed by atoms with Crippen molar-refractivity contribution in [1.82, 2.24) is 5.16 Å². The summed E-state index contributed by atoms with van der Waals surface area (Å²) in [5, 5.41) is 4.57. The number of fused-ring (bicyclic) bond motifs is 1. The number of ether oxygens (including phenoxy) is 1. The molecule has 0 spiro atoms. The molecule has 0 aliphatic rings. The summed E-state index contributed by atoms with van der Waals surface area (Å²) in [5.74, 6) is 0.524. The highest BCUT2D eigenvalue weighted by molar-refractivity contribution is 5.94. The highest BCUT2D eigenvalue weighted by Crippen LogP contribution is 2.31. The topological polar surface area (TPSA) is 52.3 Å². The van der Waals surface area contributed by atoms with E-state index in [1.165, 1.54) is 7.11 Å². The number of carbonyl (C=O) groups is 1. The number of aromatic nitrogens is 1. The molecule has 0 radical (unpaired) electrons. The van der Waals surface area contributed by atoms with E-state index in [4.69, 9.17) is 9.26 Å². The molecule has 72 valence electrons. The minimum absolute atomic E-state index is 0.506. The summed E-state index contributed by atoms with van der Waals surface area (Å²) in [6, 6.07) is 3.36. The minimum Gasteiger partial charge on any atom is -0.495 e. The zero-order chi connectivity index (χ0) is 10.1. The average molecular weight is 191 g/mol. The van der Waals surface area contributed by atoms with Gasteiger partial charge in [0.25, 0.3) is 0 Å². The van der Waals surface area contributed by atoms with Crippen molar-refractivity contribution in [2.75, 3.05) is 7.11 Å². The Balaban J connectivity index is 2.87. The SMILES string of the molecule is COc1c(C=O)ccc2onc(C)c12. The zero-order valence-corrected chi connectivity index (χ0v) is 7.90. The molecule has 0 bridgehead atoms. The molecule has 4 heteroatoms. The quantitative estimate of drug-likeness (QED) is 0.681. The fourth-order valence-electron chi connectivity index (χ4n) is 1.48. The van der Waals surface area contributed by atoms with Gasteiger partial charge < -0.3 is 9.26 Å². The molecule has 0 unspecified atom stereocenters. The monoisotopic (exact) mass is 191 g/mol. The smallest absolute Gasteiger partial charge is 0.170 e. The largest absolute Gasteiger partial charge is 0.495 e. The molecule has 2 aromatic rings. The minimum atomic E-state index is 0.506. The third-order valence-corrected chi connectivity index (χ3v) is 2.12. The van der Waals surface area contributed by atoms with Crippen LogP contribution in [0.4, 0.5) is 0 Å². The van der Waals surface area contributed by atoms with Crippen LogP contribution in [0.15, 0.2) is 16.7 Å². The summed E-state index contributed by atoms with van der Waals surface area (Å²) in [4.78, 5) is 10.7. The van der Waals surface area contributed by atoms with E-state index < -0.39 is 0 Å². The zero-order valence-electron chi connectivity index (χ0n) is 7.90. The third kappa shape index (κ3) is 1.08. The van der Waals surface area contributed by atoms with Crippen molar-refractivity contribution in [1.29, 1.82) is 0 Å². The molecule has 0 saturated heterocycles.